The lowest BCUT2D eigenvalue weighted by atomic mass is 10.1. The van der Waals surface area contributed by atoms with Gasteiger partial charge in [-0.2, -0.15) is 0 Å². The summed E-state index contributed by atoms with van der Waals surface area (Å²) in [6, 6.07) is 1.18. The van der Waals surface area contributed by atoms with E-state index in [9.17, 15) is 0 Å². The van der Waals surface area contributed by atoms with E-state index >= 15 is 0 Å². The minimum absolute atomic E-state index is 0.569. The number of likely N-dealkylation sites (N-methyl/N-ethyl adjacent to an activating group) is 1. The first kappa shape index (κ1) is 10.9. The lowest BCUT2D eigenvalue weighted by molar-refractivity contribution is 0.229. The number of anilines is 1. The van der Waals surface area contributed by atoms with Crippen LogP contribution in [0.3, 0.4) is 0 Å². The van der Waals surface area contributed by atoms with Crippen LogP contribution >= 0.6 is 11.3 Å². The molecule has 1 fully saturated rings. The molecule has 0 saturated carbocycles. The largest absolute Gasteiger partial charge is 0.340 e. The summed E-state index contributed by atoms with van der Waals surface area (Å²) in [5, 5.41) is 3.25. The number of rotatable bonds is 2. The van der Waals surface area contributed by atoms with Crippen molar-refractivity contribution in [2.45, 2.75) is 32.4 Å². The lowest BCUT2D eigenvalue weighted by Gasteiger charge is -2.44. The second-order valence-electron chi connectivity index (χ2n) is 4.35. The third-order valence-electron chi connectivity index (χ3n) is 3.08. The van der Waals surface area contributed by atoms with Gasteiger partial charge in [-0.25, -0.2) is 4.98 Å². The molecule has 0 spiro atoms. The molecule has 0 N–H and O–H groups in total. The predicted octanol–water partition coefficient (Wildman–Crippen LogP) is 2.06. The predicted molar refractivity (Wildman–Crippen MR) is 65.6 cm³/mol. The van der Waals surface area contributed by atoms with E-state index < -0.39 is 0 Å². The molecule has 1 aromatic rings. The van der Waals surface area contributed by atoms with Gasteiger partial charge in [0.05, 0.1) is 0 Å². The number of thiazole rings is 1. The number of aromatic nitrogens is 1. The van der Waals surface area contributed by atoms with E-state index in [0.29, 0.717) is 12.1 Å². The van der Waals surface area contributed by atoms with Gasteiger partial charge in [0.1, 0.15) is 0 Å². The summed E-state index contributed by atoms with van der Waals surface area (Å²) >= 11 is 1.75. The summed E-state index contributed by atoms with van der Waals surface area (Å²) in [6.45, 7) is 6.84. The molecule has 0 aromatic carbocycles. The number of hydrogen-bond acceptors (Lipinski definition) is 4. The molecule has 1 aliphatic rings. The molecule has 2 rings (SSSR count). The highest BCUT2D eigenvalue weighted by Gasteiger charge is 2.30. The van der Waals surface area contributed by atoms with Gasteiger partial charge < -0.3 is 9.80 Å². The second-order valence-corrected chi connectivity index (χ2v) is 5.23. The van der Waals surface area contributed by atoms with E-state index in [1.807, 2.05) is 6.20 Å². The Hall–Kier alpha value is -0.610. The molecule has 15 heavy (non-hydrogen) atoms. The number of hydrogen-bond donors (Lipinski definition) is 0. The Balaban J connectivity index is 2.20. The Bertz CT molecular complexity index is 299. The minimum Gasteiger partial charge on any atom is -0.340 e. The zero-order valence-electron chi connectivity index (χ0n) is 9.68. The van der Waals surface area contributed by atoms with E-state index in [2.05, 4.69) is 41.1 Å². The van der Waals surface area contributed by atoms with Crippen LogP contribution in [-0.2, 0) is 0 Å². The van der Waals surface area contributed by atoms with Gasteiger partial charge in [0.25, 0.3) is 0 Å². The molecule has 3 nitrogen and oxygen atoms in total. The minimum atomic E-state index is 0.569. The third-order valence-corrected chi connectivity index (χ3v) is 3.86. The third kappa shape index (κ3) is 2.16. The summed E-state index contributed by atoms with van der Waals surface area (Å²) in [7, 11) is 2.21. The van der Waals surface area contributed by atoms with E-state index in [-0.39, 0.29) is 0 Å². The molecule has 4 heteroatoms. The maximum atomic E-state index is 4.44. The average molecular weight is 225 g/mol. The Labute approximate surface area is 95.7 Å². The Morgan fingerprint density at radius 2 is 2.33 bits per heavy atom. The van der Waals surface area contributed by atoms with Crippen LogP contribution in [0, 0.1) is 0 Å². The molecule has 2 heterocycles. The Kier molecular flexibility index (Phi) is 3.26. The smallest absolute Gasteiger partial charge is 0.185 e. The van der Waals surface area contributed by atoms with Crippen molar-refractivity contribution in [1.29, 1.82) is 0 Å². The number of nitrogens with zero attached hydrogens (tertiary/aromatic N) is 3. The highest BCUT2D eigenvalue weighted by Crippen LogP contribution is 2.27. The highest BCUT2D eigenvalue weighted by atomic mass is 32.1. The molecule has 0 radical (unpaired) electrons. The first-order chi connectivity index (χ1) is 7.22. The van der Waals surface area contributed by atoms with Crippen molar-refractivity contribution in [3.63, 3.8) is 0 Å². The van der Waals surface area contributed by atoms with E-state index in [1.54, 1.807) is 11.3 Å². The maximum absolute atomic E-state index is 4.44. The summed E-state index contributed by atoms with van der Waals surface area (Å²) in [4.78, 5) is 9.35. The van der Waals surface area contributed by atoms with Crippen LogP contribution in [0.1, 0.15) is 20.3 Å². The molecule has 2 unspecified atom stereocenters. The molecular weight excluding hydrogens is 206 g/mol. The van der Waals surface area contributed by atoms with Crippen LogP contribution in [0.5, 0.6) is 0 Å². The van der Waals surface area contributed by atoms with Gasteiger partial charge >= 0.3 is 0 Å². The van der Waals surface area contributed by atoms with Gasteiger partial charge in [0.15, 0.2) is 5.13 Å². The Morgan fingerprint density at radius 3 is 2.93 bits per heavy atom. The fraction of sp³-hybridized carbons (Fsp3) is 0.727. The van der Waals surface area contributed by atoms with Crippen molar-refractivity contribution in [2.75, 3.05) is 25.0 Å². The quantitative estimate of drug-likeness (QED) is 0.768. The van der Waals surface area contributed by atoms with Gasteiger partial charge in [-0.15, -0.1) is 11.3 Å². The van der Waals surface area contributed by atoms with E-state index in [4.69, 9.17) is 0 Å². The standard InChI is InChI=1S/C11H19N3S/c1-4-10-8-13(3)7-9(2)14(10)11-12-5-6-15-11/h5-6,9-10H,4,7-8H2,1-3H3. The molecule has 2 atom stereocenters. The first-order valence-corrected chi connectivity index (χ1v) is 6.46. The topological polar surface area (TPSA) is 19.4 Å². The fourth-order valence-corrected chi connectivity index (χ4v) is 3.25. The molecule has 1 aliphatic heterocycles. The summed E-state index contributed by atoms with van der Waals surface area (Å²) < 4.78 is 0. The van der Waals surface area contributed by atoms with Crippen molar-refractivity contribution in [3.05, 3.63) is 11.6 Å². The van der Waals surface area contributed by atoms with Crippen LogP contribution in [0.4, 0.5) is 5.13 Å². The van der Waals surface area contributed by atoms with Gasteiger partial charge in [-0.05, 0) is 20.4 Å². The maximum Gasteiger partial charge on any atom is 0.185 e. The molecule has 1 saturated heterocycles. The van der Waals surface area contributed by atoms with Crippen molar-refractivity contribution < 1.29 is 0 Å². The zero-order chi connectivity index (χ0) is 10.8. The Morgan fingerprint density at radius 1 is 1.53 bits per heavy atom. The fourth-order valence-electron chi connectivity index (χ4n) is 2.44. The summed E-state index contributed by atoms with van der Waals surface area (Å²) in [6.07, 6.45) is 3.09. The molecule has 0 amide bonds. The molecule has 0 aliphatic carbocycles. The summed E-state index contributed by atoms with van der Waals surface area (Å²) in [5.41, 5.74) is 0. The number of piperazine rings is 1. The summed E-state index contributed by atoms with van der Waals surface area (Å²) in [5.74, 6) is 0. The highest BCUT2D eigenvalue weighted by molar-refractivity contribution is 7.13. The molecular formula is C11H19N3S. The van der Waals surface area contributed by atoms with Crippen molar-refractivity contribution in [1.82, 2.24) is 9.88 Å². The lowest BCUT2D eigenvalue weighted by Crippen LogP contribution is -2.56. The van der Waals surface area contributed by atoms with E-state index in [0.717, 1.165) is 13.1 Å². The first-order valence-electron chi connectivity index (χ1n) is 5.58. The average Bonchev–Trinajstić information content (AvgIpc) is 2.69. The monoisotopic (exact) mass is 225 g/mol. The van der Waals surface area contributed by atoms with Crippen molar-refractivity contribution in [3.8, 4) is 0 Å². The normalized spacial score (nSPS) is 28.3. The van der Waals surface area contributed by atoms with Crippen molar-refractivity contribution in [2.24, 2.45) is 0 Å². The van der Waals surface area contributed by atoms with Crippen LogP contribution in [0.2, 0.25) is 0 Å². The van der Waals surface area contributed by atoms with Gasteiger partial charge in [0, 0.05) is 36.8 Å². The van der Waals surface area contributed by atoms with Gasteiger partial charge in [-0.3, -0.25) is 0 Å². The van der Waals surface area contributed by atoms with Crippen LogP contribution in [0.25, 0.3) is 0 Å². The van der Waals surface area contributed by atoms with Crippen LogP contribution in [-0.4, -0.2) is 42.1 Å². The zero-order valence-corrected chi connectivity index (χ0v) is 10.5. The molecule has 0 bridgehead atoms. The van der Waals surface area contributed by atoms with Gasteiger partial charge in [-0.1, -0.05) is 6.92 Å². The van der Waals surface area contributed by atoms with Gasteiger partial charge in [0.2, 0.25) is 0 Å². The van der Waals surface area contributed by atoms with Crippen LogP contribution in [0.15, 0.2) is 11.6 Å². The molecule has 84 valence electrons. The SMILES string of the molecule is CCC1CN(C)CC(C)N1c1nccs1. The van der Waals surface area contributed by atoms with E-state index in [1.165, 1.54) is 11.6 Å². The van der Waals surface area contributed by atoms with Crippen molar-refractivity contribution >= 4 is 16.5 Å². The molecule has 1 aromatic heterocycles. The second kappa shape index (κ2) is 4.49. The van der Waals surface area contributed by atoms with Crippen LogP contribution < -0.4 is 4.90 Å².